The van der Waals surface area contributed by atoms with Crippen LogP contribution in [-0.4, -0.2) is 20.7 Å². The van der Waals surface area contributed by atoms with Crippen molar-refractivity contribution in [1.82, 2.24) is 14.8 Å². The van der Waals surface area contributed by atoms with Gasteiger partial charge < -0.3 is 5.32 Å². The molecule has 0 aliphatic rings. The van der Waals surface area contributed by atoms with E-state index in [9.17, 15) is 9.59 Å². The molecular weight excluding hydrogens is 408 g/mol. The molecule has 158 valence electrons. The molecule has 0 unspecified atom stereocenters. The third kappa shape index (κ3) is 4.56. The summed E-state index contributed by atoms with van der Waals surface area (Å²) < 4.78 is 1.42. The molecular formula is C24H24N4O2S. The number of nitrogens with zero attached hydrogens (tertiary/aromatic N) is 3. The Morgan fingerprint density at radius 3 is 2.48 bits per heavy atom. The van der Waals surface area contributed by atoms with Crippen molar-refractivity contribution in [1.29, 1.82) is 0 Å². The first-order chi connectivity index (χ1) is 15.1. The maximum absolute atomic E-state index is 13.1. The van der Waals surface area contributed by atoms with Crippen LogP contribution < -0.4 is 10.9 Å². The van der Waals surface area contributed by atoms with Crippen LogP contribution in [0.15, 0.2) is 58.7 Å². The Kier molecular flexibility index (Phi) is 6.23. The van der Waals surface area contributed by atoms with Gasteiger partial charge in [0.25, 0.3) is 11.5 Å². The van der Waals surface area contributed by atoms with Crippen LogP contribution in [0.5, 0.6) is 0 Å². The largest absolute Gasteiger partial charge is 0.321 e. The second kappa shape index (κ2) is 9.22. The first kappa shape index (κ1) is 20.9. The van der Waals surface area contributed by atoms with Crippen molar-refractivity contribution in [3.63, 3.8) is 0 Å². The zero-order valence-electron chi connectivity index (χ0n) is 17.6. The van der Waals surface area contributed by atoms with Gasteiger partial charge in [-0.3, -0.25) is 9.59 Å². The fraction of sp³-hybridized carbons (Fsp3) is 0.250. The Bertz CT molecular complexity index is 1270. The fourth-order valence-electron chi connectivity index (χ4n) is 3.48. The first-order valence-corrected chi connectivity index (χ1v) is 11.3. The SMILES string of the molecule is CCCCCn1nc(C(=O)Nc2ccc(-c3csc(C)n3)cc2)c2ccccc2c1=O. The molecule has 0 radical (unpaired) electrons. The number of carbonyl (C=O) groups is 1. The van der Waals surface area contributed by atoms with Gasteiger partial charge in [0, 0.05) is 28.6 Å². The lowest BCUT2D eigenvalue weighted by molar-refractivity contribution is 0.102. The van der Waals surface area contributed by atoms with Crippen LogP contribution in [0.3, 0.4) is 0 Å². The van der Waals surface area contributed by atoms with Gasteiger partial charge in [-0.05, 0) is 31.5 Å². The number of fused-ring (bicyclic) bond motifs is 1. The number of unbranched alkanes of at least 4 members (excludes halogenated alkanes) is 2. The van der Waals surface area contributed by atoms with Crippen LogP contribution in [-0.2, 0) is 6.54 Å². The molecule has 31 heavy (non-hydrogen) atoms. The second-order valence-corrected chi connectivity index (χ2v) is 8.48. The van der Waals surface area contributed by atoms with Crippen molar-refractivity contribution in [3.8, 4) is 11.3 Å². The average Bonchev–Trinajstić information content (AvgIpc) is 3.22. The van der Waals surface area contributed by atoms with E-state index in [0.29, 0.717) is 23.0 Å². The van der Waals surface area contributed by atoms with Crippen molar-refractivity contribution in [3.05, 3.63) is 75.0 Å². The van der Waals surface area contributed by atoms with Crippen LogP contribution in [0.25, 0.3) is 22.0 Å². The summed E-state index contributed by atoms with van der Waals surface area (Å²) in [6, 6.07) is 14.7. The number of rotatable bonds is 7. The van der Waals surface area contributed by atoms with E-state index >= 15 is 0 Å². The molecule has 0 aliphatic carbocycles. The maximum atomic E-state index is 13.1. The number of nitrogens with one attached hydrogen (secondary N) is 1. The smallest absolute Gasteiger partial charge is 0.276 e. The Morgan fingerprint density at radius 1 is 1.06 bits per heavy atom. The molecule has 0 fully saturated rings. The molecule has 0 atom stereocenters. The van der Waals surface area contributed by atoms with E-state index in [1.54, 1.807) is 29.5 Å². The van der Waals surface area contributed by atoms with E-state index in [2.05, 4.69) is 22.3 Å². The zero-order chi connectivity index (χ0) is 21.8. The average molecular weight is 433 g/mol. The molecule has 1 amide bonds. The Labute approximate surface area is 184 Å². The topological polar surface area (TPSA) is 76.9 Å². The van der Waals surface area contributed by atoms with Gasteiger partial charge in [-0.2, -0.15) is 5.10 Å². The van der Waals surface area contributed by atoms with E-state index in [0.717, 1.165) is 35.5 Å². The van der Waals surface area contributed by atoms with Crippen molar-refractivity contribution < 1.29 is 4.79 Å². The lowest BCUT2D eigenvalue weighted by Crippen LogP contribution is -2.27. The molecule has 0 bridgehead atoms. The molecule has 4 aromatic rings. The molecule has 2 aromatic heterocycles. The summed E-state index contributed by atoms with van der Waals surface area (Å²) in [5.74, 6) is -0.335. The summed E-state index contributed by atoms with van der Waals surface area (Å²) in [4.78, 5) is 30.4. The maximum Gasteiger partial charge on any atom is 0.276 e. The monoisotopic (exact) mass is 432 g/mol. The third-order valence-corrected chi connectivity index (χ3v) is 5.89. The van der Waals surface area contributed by atoms with E-state index in [1.165, 1.54) is 4.68 Å². The normalized spacial score (nSPS) is 11.0. The third-order valence-electron chi connectivity index (χ3n) is 5.11. The van der Waals surface area contributed by atoms with Gasteiger partial charge in [0.1, 0.15) is 0 Å². The van der Waals surface area contributed by atoms with E-state index in [4.69, 9.17) is 0 Å². The molecule has 0 spiro atoms. The van der Waals surface area contributed by atoms with Crippen LogP contribution in [0.4, 0.5) is 5.69 Å². The standard InChI is InChI=1S/C24H24N4O2S/c1-3-4-7-14-28-24(30)20-9-6-5-8-19(20)22(27-28)23(29)26-18-12-10-17(11-13-18)21-15-31-16(2)25-21/h5-6,8-13,15H,3-4,7,14H2,1-2H3,(H,26,29). The predicted molar refractivity (Wildman–Crippen MR) is 126 cm³/mol. The van der Waals surface area contributed by atoms with Crippen molar-refractivity contribution >= 4 is 33.7 Å². The molecule has 7 heteroatoms. The minimum absolute atomic E-state index is 0.161. The zero-order valence-corrected chi connectivity index (χ0v) is 18.4. The fourth-order valence-corrected chi connectivity index (χ4v) is 4.10. The number of amides is 1. The Morgan fingerprint density at radius 2 is 1.81 bits per heavy atom. The Balaban J connectivity index is 1.62. The molecule has 0 aliphatic heterocycles. The minimum atomic E-state index is -0.335. The van der Waals surface area contributed by atoms with Gasteiger partial charge in [0.05, 0.1) is 16.1 Å². The van der Waals surface area contributed by atoms with Crippen molar-refractivity contribution in [2.24, 2.45) is 0 Å². The highest BCUT2D eigenvalue weighted by Gasteiger charge is 2.17. The summed E-state index contributed by atoms with van der Waals surface area (Å²) in [5, 5.41) is 11.4. The van der Waals surface area contributed by atoms with E-state index in [-0.39, 0.29) is 17.2 Å². The molecule has 2 aromatic carbocycles. The summed E-state index contributed by atoms with van der Waals surface area (Å²) >= 11 is 1.60. The van der Waals surface area contributed by atoms with Crippen molar-refractivity contribution in [2.75, 3.05) is 5.32 Å². The lowest BCUT2D eigenvalue weighted by atomic mass is 10.1. The van der Waals surface area contributed by atoms with Crippen molar-refractivity contribution in [2.45, 2.75) is 39.7 Å². The first-order valence-electron chi connectivity index (χ1n) is 10.4. The number of aromatic nitrogens is 3. The van der Waals surface area contributed by atoms with E-state index < -0.39 is 0 Å². The molecule has 1 N–H and O–H groups in total. The summed E-state index contributed by atoms with van der Waals surface area (Å²) in [7, 11) is 0. The number of hydrogen-bond acceptors (Lipinski definition) is 5. The van der Waals surface area contributed by atoms with Gasteiger partial charge in [0.15, 0.2) is 5.69 Å². The molecule has 0 saturated carbocycles. The van der Waals surface area contributed by atoms with Gasteiger partial charge >= 0.3 is 0 Å². The van der Waals surface area contributed by atoms with Gasteiger partial charge in [-0.25, -0.2) is 9.67 Å². The summed E-state index contributed by atoms with van der Waals surface area (Å²) in [5.41, 5.74) is 2.68. The van der Waals surface area contributed by atoms with E-state index in [1.807, 2.05) is 42.6 Å². The molecule has 6 nitrogen and oxygen atoms in total. The summed E-state index contributed by atoms with van der Waals surface area (Å²) in [6.07, 6.45) is 2.90. The number of thiazole rings is 1. The number of benzene rings is 2. The number of carbonyl (C=O) groups excluding carboxylic acids is 1. The number of aryl methyl sites for hydroxylation is 2. The highest BCUT2D eigenvalue weighted by molar-refractivity contribution is 7.09. The van der Waals surface area contributed by atoms with Crippen LogP contribution in [0, 0.1) is 6.92 Å². The number of anilines is 1. The number of hydrogen-bond donors (Lipinski definition) is 1. The predicted octanol–water partition coefficient (Wildman–Crippen LogP) is 5.27. The molecule has 0 saturated heterocycles. The molecule has 4 rings (SSSR count). The quantitative estimate of drug-likeness (QED) is 0.404. The highest BCUT2D eigenvalue weighted by Crippen LogP contribution is 2.23. The van der Waals surface area contributed by atoms with Gasteiger partial charge in [-0.15, -0.1) is 11.3 Å². The highest BCUT2D eigenvalue weighted by atomic mass is 32.1. The molecule has 2 heterocycles. The van der Waals surface area contributed by atoms with Gasteiger partial charge in [-0.1, -0.05) is 50.1 Å². The van der Waals surface area contributed by atoms with Crippen LogP contribution in [0.2, 0.25) is 0 Å². The summed E-state index contributed by atoms with van der Waals surface area (Å²) in [6.45, 7) is 4.58. The van der Waals surface area contributed by atoms with Crippen LogP contribution in [0.1, 0.15) is 41.7 Å². The minimum Gasteiger partial charge on any atom is -0.321 e. The van der Waals surface area contributed by atoms with Gasteiger partial charge in [0.2, 0.25) is 0 Å². The second-order valence-electron chi connectivity index (χ2n) is 7.41. The lowest BCUT2D eigenvalue weighted by Gasteiger charge is -2.11. The van der Waals surface area contributed by atoms with Crippen LogP contribution >= 0.6 is 11.3 Å². The Hall–Kier alpha value is -3.32.